The van der Waals surface area contributed by atoms with Crippen LogP contribution < -0.4 is 21.5 Å². The van der Waals surface area contributed by atoms with Gasteiger partial charge in [0, 0.05) is 23.6 Å². The second kappa shape index (κ2) is 7.26. The molecule has 4 rings (SSSR count). The van der Waals surface area contributed by atoms with Crippen LogP contribution in [0.5, 0.6) is 5.88 Å². The monoisotopic (exact) mass is 396 g/mol. The first-order valence-corrected chi connectivity index (χ1v) is 9.04. The SMILES string of the molecule is COc1nc(-c2cc(F)ccc2C2Cc3nc(N)nc(C)c3[C@@H](O)N2)ccc1N. The molecule has 0 bridgehead atoms. The number of nitrogen functional groups attached to an aromatic ring is 2. The first-order chi connectivity index (χ1) is 13.9. The minimum absolute atomic E-state index is 0.151. The van der Waals surface area contributed by atoms with Gasteiger partial charge in [-0.2, -0.15) is 0 Å². The molecule has 0 fully saturated rings. The predicted molar refractivity (Wildman–Crippen MR) is 106 cm³/mol. The van der Waals surface area contributed by atoms with Crippen LogP contribution in [0, 0.1) is 12.7 Å². The summed E-state index contributed by atoms with van der Waals surface area (Å²) in [6.07, 6.45) is -0.527. The Morgan fingerprint density at radius 3 is 2.72 bits per heavy atom. The molecule has 0 radical (unpaired) electrons. The number of halogens is 1. The van der Waals surface area contributed by atoms with Crippen molar-refractivity contribution >= 4 is 11.6 Å². The van der Waals surface area contributed by atoms with E-state index in [4.69, 9.17) is 16.2 Å². The van der Waals surface area contributed by atoms with Crippen LogP contribution >= 0.6 is 0 Å². The summed E-state index contributed by atoms with van der Waals surface area (Å²) in [6.45, 7) is 1.77. The highest BCUT2D eigenvalue weighted by Crippen LogP contribution is 2.37. The summed E-state index contributed by atoms with van der Waals surface area (Å²) in [7, 11) is 1.47. The van der Waals surface area contributed by atoms with Crippen LogP contribution in [0.25, 0.3) is 11.3 Å². The smallest absolute Gasteiger partial charge is 0.237 e. The Morgan fingerprint density at radius 1 is 1.17 bits per heavy atom. The van der Waals surface area contributed by atoms with Crippen LogP contribution in [0.2, 0.25) is 0 Å². The van der Waals surface area contributed by atoms with Crippen molar-refractivity contribution < 1.29 is 14.2 Å². The molecular formula is C20H21FN6O2. The number of anilines is 2. The van der Waals surface area contributed by atoms with Gasteiger partial charge in [0.1, 0.15) is 12.0 Å². The van der Waals surface area contributed by atoms with E-state index in [0.29, 0.717) is 40.3 Å². The summed E-state index contributed by atoms with van der Waals surface area (Å²) in [4.78, 5) is 12.8. The van der Waals surface area contributed by atoms with Crippen LogP contribution in [-0.2, 0) is 6.42 Å². The number of hydrogen-bond acceptors (Lipinski definition) is 8. The zero-order valence-corrected chi connectivity index (χ0v) is 16.0. The molecule has 29 heavy (non-hydrogen) atoms. The number of benzene rings is 1. The van der Waals surface area contributed by atoms with E-state index in [0.717, 1.165) is 5.56 Å². The number of methoxy groups -OCH3 is 1. The average Bonchev–Trinajstić information content (AvgIpc) is 2.67. The van der Waals surface area contributed by atoms with Crippen LogP contribution in [0.1, 0.15) is 34.8 Å². The highest BCUT2D eigenvalue weighted by molar-refractivity contribution is 5.68. The Hall–Kier alpha value is -3.30. The molecule has 1 aliphatic rings. The second-order valence-electron chi connectivity index (χ2n) is 6.88. The third-order valence-electron chi connectivity index (χ3n) is 5.01. The highest BCUT2D eigenvalue weighted by Gasteiger charge is 2.31. The van der Waals surface area contributed by atoms with Gasteiger partial charge in [-0.05, 0) is 36.8 Å². The number of pyridine rings is 1. The summed E-state index contributed by atoms with van der Waals surface area (Å²) >= 11 is 0. The molecule has 1 unspecified atom stereocenters. The molecule has 9 heteroatoms. The van der Waals surface area contributed by atoms with E-state index >= 15 is 0 Å². The molecule has 6 N–H and O–H groups in total. The maximum Gasteiger partial charge on any atom is 0.237 e. The molecule has 0 spiro atoms. The van der Waals surface area contributed by atoms with Gasteiger partial charge in [-0.1, -0.05) is 6.07 Å². The van der Waals surface area contributed by atoms with Gasteiger partial charge in [0.2, 0.25) is 11.8 Å². The zero-order valence-electron chi connectivity index (χ0n) is 16.0. The normalized spacial score (nSPS) is 18.3. The van der Waals surface area contributed by atoms with E-state index in [1.807, 2.05) is 0 Å². The number of ether oxygens (including phenoxy) is 1. The lowest BCUT2D eigenvalue weighted by Crippen LogP contribution is -2.35. The van der Waals surface area contributed by atoms with Crippen molar-refractivity contribution in [2.45, 2.75) is 25.6 Å². The minimum atomic E-state index is -0.976. The van der Waals surface area contributed by atoms with E-state index in [9.17, 15) is 9.50 Å². The summed E-state index contributed by atoms with van der Waals surface area (Å²) in [5, 5.41) is 13.8. The number of fused-ring (bicyclic) bond motifs is 1. The average molecular weight is 396 g/mol. The van der Waals surface area contributed by atoms with Crippen molar-refractivity contribution in [3.05, 3.63) is 58.7 Å². The lowest BCUT2D eigenvalue weighted by Gasteiger charge is -2.31. The molecule has 0 amide bonds. The number of aryl methyl sites for hydroxylation is 1. The van der Waals surface area contributed by atoms with E-state index in [1.54, 1.807) is 25.1 Å². The van der Waals surface area contributed by atoms with Gasteiger partial charge in [0.25, 0.3) is 0 Å². The van der Waals surface area contributed by atoms with Gasteiger partial charge in [0.15, 0.2) is 0 Å². The second-order valence-corrected chi connectivity index (χ2v) is 6.88. The van der Waals surface area contributed by atoms with E-state index in [1.165, 1.54) is 19.2 Å². The first-order valence-electron chi connectivity index (χ1n) is 9.04. The van der Waals surface area contributed by atoms with Gasteiger partial charge in [-0.25, -0.2) is 19.3 Å². The number of aliphatic hydroxyl groups is 1. The van der Waals surface area contributed by atoms with Crippen LogP contribution in [0.4, 0.5) is 16.0 Å². The molecular weight excluding hydrogens is 375 g/mol. The fraction of sp³-hybridized carbons (Fsp3) is 0.250. The molecule has 1 aromatic carbocycles. The fourth-order valence-electron chi connectivity index (χ4n) is 3.72. The maximum absolute atomic E-state index is 14.1. The van der Waals surface area contributed by atoms with E-state index in [2.05, 4.69) is 20.3 Å². The number of nitrogens with two attached hydrogens (primary N) is 2. The molecule has 0 saturated heterocycles. The Labute approximate surface area is 166 Å². The molecule has 150 valence electrons. The molecule has 0 saturated carbocycles. The molecule has 1 aliphatic heterocycles. The molecule has 2 aromatic heterocycles. The van der Waals surface area contributed by atoms with Crippen molar-refractivity contribution in [2.75, 3.05) is 18.6 Å². The summed E-state index contributed by atoms with van der Waals surface area (Å²) in [5.41, 5.74) is 15.8. The number of aromatic nitrogens is 3. The van der Waals surface area contributed by atoms with Crippen molar-refractivity contribution in [2.24, 2.45) is 0 Å². The Balaban J connectivity index is 1.80. The van der Waals surface area contributed by atoms with Gasteiger partial charge in [-0.15, -0.1) is 0 Å². The topological polar surface area (TPSA) is 132 Å². The Kier molecular flexibility index (Phi) is 4.77. The maximum atomic E-state index is 14.1. The predicted octanol–water partition coefficient (Wildman–Crippen LogP) is 2.04. The van der Waals surface area contributed by atoms with Gasteiger partial charge in [0.05, 0.1) is 29.9 Å². The molecule has 2 atom stereocenters. The number of nitrogens with zero attached hydrogens (tertiary/aromatic N) is 3. The van der Waals surface area contributed by atoms with Gasteiger partial charge < -0.3 is 21.3 Å². The molecule has 3 heterocycles. The fourth-order valence-corrected chi connectivity index (χ4v) is 3.72. The third kappa shape index (κ3) is 3.45. The Bertz CT molecular complexity index is 1090. The van der Waals surface area contributed by atoms with Crippen molar-refractivity contribution in [3.8, 4) is 17.1 Å². The Morgan fingerprint density at radius 2 is 1.97 bits per heavy atom. The summed E-state index contributed by atoms with van der Waals surface area (Å²) < 4.78 is 19.3. The van der Waals surface area contributed by atoms with Gasteiger partial charge >= 0.3 is 0 Å². The van der Waals surface area contributed by atoms with Crippen LogP contribution in [0.3, 0.4) is 0 Å². The summed E-state index contributed by atoms with van der Waals surface area (Å²) in [5.74, 6) is 0.00900. The van der Waals surface area contributed by atoms with Crippen molar-refractivity contribution in [1.29, 1.82) is 0 Å². The molecule has 0 aliphatic carbocycles. The lowest BCUT2D eigenvalue weighted by atomic mass is 9.89. The minimum Gasteiger partial charge on any atom is -0.480 e. The van der Waals surface area contributed by atoms with E-state index < -0.39 is 12.0 Å². The number of hydrogen-bond donors (Lipinski definition) is 4. The number of nitrogens with one attached hydrogen (secondary N) is 1. The third-order valence-corrected chi connectivity index (χ3v) is 5.01. The van der Waals surface area contributed by atoms with Gasteiger partial charge in [-0.3, -0.25) is 5.32 Å². The quantitative estimate of drug-likeness (QED) is 0.529. The van der Waals surface area contributed by atoms with Crippen LogP contribution in [0.15, 0.2) is 30.3 Å². The molecule has 8 nitrogen and oxygen atoms in total. The number of rotatable bonds is 3. The lowest BCUT2D eigenvalue weighted by molar-refractivity contribution is 0.110. The van der Waals surface area contributed by atoms with E-state index in [-0.39, 0.29) is 17.9 Å². The number of aliphatic hydroxyl groups excluding tert-OH is 1. The zero-order chi connectivity index (χ0) is 20.7. The summed E-state index contributed by atoms with van der Waals surface area (Å²) in [6, 6.07) is 7.46. The van der Waals surface area contributed by atoms with Crippen molar-refractivity contribution in [3.63, 3.8) is 0 Å². The van der Waals surface area contributed by atoms with Crippen LogP contribution in [-0.4, -0.2) is 27.2 Å². The highest BCUT2D eigenvalue weighted by atomic mass is 19.1. The first kappa shape index (κ1) is 19.0. The van der Waals surface area contributed by atoms with Crippen molar-refractivity contribution in [1.82, 2.24) is 20.3 Å². The largest absolute Gasteiger partial charge is 0.480 e. The molecule has 3 aromatic rings. The standard InChI is InChI=1S/C20H21FN6O2/c1-9-17-16(27-20(23)24-9)8-15(25-18(17)28)11-4-3-10(21)7-12(11)14-6-5-13(22)19(26-14)29-2/h3-7,15,18,25,28H,8,22H2,1-2H3,(H2,23,24,27)/t15?,18-/m1/s1.